The Morgan fingerprint density at radius 1 is 1.19 bits per heavy atom. The Kier molecular flexibility index (Phi) is 8.87. The summed E-state index contributed by atoms with van der Waals surface area (Å²) in [5.41, 5.74) is 8.33. The van der Waals surface area contributed by atoms with Crippen LogP contribution in [0.1, 0.15) is 24.8 Å². The zero-order chi connectivity index (χ0) is 18.2. The van der Waals surface area contributed by atoms with Crippen molar-refractivity contribution in [1.29, 1.82) is 0 Å². The lowest BCUT2D eigenvalue weighted by atomic mass is 10.0. The number of hydrogen-bond acceptors (Lipinski definition) is 3. The summed E-state index contributed by atoms with van der Waals surface area (Å²) in [6, 6.07) is 18.8. The smallest absolute Gasteiger partial charge is 0.193 e. The molecule has 27 heavy (non-hydrogen) atoms. The van der Waals surface area contributed by atoms with Crippen LogP contribution in [0.3, 0.4) is 0 Å². The van der Waals surface area contributed by atoms with E-state index in [4.69, 9.17) is 10.5 Å². The van der Waals surface area contributed by atoms with Crippen LogP contribution in [0.15, 0.2) is 59.6 Å². The van der Waals surface area contributed by atoms with Gasteiger partial charge in [0.2, 0.25) is 0 Å². The molecule has 5 nitrogen and oxygen atoms in total. The van der Waals surface area contributed by atoms with Crippen LogP contribution in [-0.2, 0) is 6.54 Å². The van der Waals surface area contributed by atoms with E-state index in [1.165, 1.54) is 24.8 Å². The maximum atomic E-state index is 6.09. The summed E-state index contributed by atoms with van der Waals surface area (Å²) in [5.74, 6) is 1.24. The van der Waals surface area contributed by atoms with E-state index in [1.807, 2.05) is 24.3 Å². The lowest BCUT2D eigenvalue weighted by Gasteiger charge is -2.35. The molecular weight excluding hydrogens is 451 g/mol. The van der Waals surface area contributed by atoms with Gasteiger partial charge in [-0.05, 0) is 37.1 Å². The Morgan fingerprint density at radius 2 is 2.00 bits per heavy atom. The van der Waals surface area contributed by atoms with Crippen LogP contribution < -0.4 is 15.8 Å². The van der Waals surface area contributed by atoms with Crippen molar-refractivity contribution in [3.8, 4) is 5.75 Å². The fraction of sp³-hybridized carbons (Fsp3) is 0.381. The molecule has 1 unspecified atom stereocenters. The molecule has 146 valence electrons. The van der Waals surface area contributed by atoms with Crippen molar-refractivity contribution >= 4 is 35.6 Å². The molecule has 3 N–H and O–H groups in total. The first kappa shape index (κ1) is 21.5. The van der Waals surface area contributed by atoms with E-state index in [2.05, 4.69) is 45.5 Å². The normalized spacial score (nSPS) is 17.8. The van der Waals surface area contributed by atoms with Gasteiger partial charge in [-0.2, -0.15) is 0 Å². The van der Waals surface area contributed by atoms with Crippen molar-refractivity contribution in [2.75, 3.05) is 25.5 Å². The number of nitrogens with zero attached hydrogens (tertiary/aromatic N) is 2. The van der Waals surface area contributed by atoms with E-state index >= 15 is 0 Å². The second-order valence-electron chi connectivity index (χ2n) is 6.69. The molecule has 2 aromatic carbocycles. The predicted octanol–water partition coefficient (Wildman–Crippen LogP) is 4.09. The number of halogens is 1. The summed E-state index contributed by atoms with van der Waals surface area (Å²) in [6.07, 6.45) is 3.68. The largest absolute Gasteiger partial charge is 0.497 e. The van der Waals surface area contributed by atoms with Crippen molar-refractivity contribution in [3.63, 3.8) is 0 Å². The fourth-order valence-corrected chi connectivity index (χ4v) is 3.38. The van der Waals surface area contributed by atoms with Crippen molar-refractivity contribution in [2.24, 2.45) is 10.7 Å². The Hall–Kier alpha value is -1.80. The van der Waals surface area contributed by atoms with Crippen LogP contribution in [0.25, 0.3) is 0 Å². The summed E-state index contributed by atoms with van der Waals surface area (Å²) in [7, 11) is 1.65. The molecule has 1 aliphatic rings. The SMILES string of the molecule is COc1cccc(NC(N)=NCC2CCCCN2Cc2ccccc2)c1.I. The first-order valence-corrected chi connectivity index (χ1v) is 9.23. The third kappa shape index (κ3) is 6.70. The summed E-state index contributed by atoms with van der Waals surface area (Å²) in [6.45, 7) is 2.82. The minimum absolute atomic E-state index is 0. The minimum Gasteiger partial charge on any atom is -0.497 e. The number of likely N-dealkylation sites (tertiary alicyclic amines) is 1. The topological polar surface area (TPSA) is 62.9 Å². The van der Waals surface area contributed by atoms with Gasteiger partial charge in [0.05, 0.1) is 13.7 Å². The molecule has 6 heteroatoms. The van der Waals surface area contributed by atoms with Crippen molar-refractivity contribution < 1.29 is 4.74 Å². The Balaban J connectivity index is 0.00000261. The van der Waals surface area contributed by atoms with E-state index in [1.54, 1.807) is 7.11 Å². The van der Waals surface area contributed by atoms with E-state index < -0.39 is 0 Å². The van der Waals surface area contributed by atoms with E-state index in [0.29, 0.717) is 12.0 Å². The van der Waals surface area contributed by atoms with Crippen LogP contribution in [-0.4, -0.2) is 37.1 Å². The Morgan fingerprint density at radius 3 is 2.78 bits per heavy atom. The van der Waals surface area contributed by atoms with Gasteiger partial charge in [-0.1, -0.05) is 42.8 Å². The molecule has 0 radical (unpaired) electrons. The highest BCUT2D eigenvalue weighted by Crippen LogP contribution is 2.20. The van der Waals surface area contributed by atoms with Gasteiger partial charge >= 0.3 is 0 Å². The highest BCUT2D eigenvalue weighted by Gasteiger charge is 2.22. The third-order valence-corrected chi connectivity index (χ3v) is 4.79. The Labute approximate surface area is 179 Å². The van der Waals surface area contributed by atoms with Gasteiger partial charge in [0, 0.05) is 24.3 Å². The highest BCUT2D eigenvalue weighted by molar-refractivity contribution is 14.0. The molecule has 0 spiro atoms. The van der Waals surface area contributed by atoms with Gasteiger partial charge in [-0.15, -0.1) is 24.0 Å². The van der Waals surface area contributed by atoms with E-state index in [-0.39, 0.29) is 24.0 Å². The van der Waals surface area contributed by atoms with Gasteiger partial charge in [-0.25, -0.2) is 0 Å². The van der Waals surface area contributed by atoms with Gasteiger partial charge in [0.15, 0.2) is 5.96 Å². The molecule has 0 aliphatic carbocycles. The minimum atomic E-state index is 0. The van der Waals surface area contributed by atoms with E-state index in [9.17, 15) is 0 Å². The van der Waals surface area contributed by atoms with Gasteiger partial charge in [-0.3, -0.25) is 9.89 Å². The van der Waals surface area contributed by atoms with Crippen LogP contribution in [0.4, 0.5) is 5.69 Å². The number of benzene rings is 2. The molecule has 1 saturated heterocycles. The van der Waals surface area contributed by atoms with Crippen LogP contribution in [0.2, 0.25) is 0 Å². The number of nitrogens with one attached hydrogen (secondary N) is 1. The third-order valence-electron chi connectivity index (χ3n) is 4.79. The second-order valence-corrected chi connectivity index (χ2v) is 6.69. The molecule has 1 heterocycles. The first-order chi connectivity index (χ1) is 12.7. The zero-order valence-electron chi connectivity index (χ0n) is 15.8. The average molecular weight is 480 g/mol. The maximum absolute atomic E-state index is 6.09. The number of piperidine rings is 1. The fourth-order valence-electron chi connectivity index (χ4n) is 3.38. The van der Waals surface area contributed by atoms with Gasteiger partial charge < -0.3 is 15.8 Å². The monoisotopic (exact) mass is 480 g/mol. The number of guanidine groups is 1. The van der Waals surface area contributed by atoms with Crippen molar-refractivity contribution in [2.45, 2.75) is 31.8 Å². The molecule has 1 atom stereocenters. The van der Waals surface area contributed by atoms with Gasteiger partial charge in [0.25, 0.3) is 0 Å². The summed E-state index contributed by atoms with van der Waals surface area (Å²) < 4.78 is 5.23. The number of rotatable bonds is 6. The lowest BCUT2D eigenvalue weighted by molar-refractivity contribution is 0.145. The molecule has 3 rings (SSSR count). The average Bonchev–Trinajstić information content (AvgIpc) is 2.68. The second kappa shape index (κ2) is 11.1. The zero-order valence-corrected chi connectivity index (χ0v) is 18.1. The Bertz CT molecular complexity index is 723. The molecule has 2 aromatic rings. The lowest BCUT2D eigenvalue weighted by Crippen LogP contribution is -2.41. The van der Waals surface area contributed by atoms with Crippen molar-refractivity contribution in [3.05, 3.63) is 60.2 Å². The molecule has 0 saturated carbocycles. The number of nitrogens with two attached hydrogens (primary N) is 1. The number of aliphatic imine (C=N–C) groups is 1. The number of ether oxygens (including phenoxy) is 1. The van der Waals surface area contributed by atoms with Crippen molar-refractivity contribution in [1.82, 2.24) is 4.90 Å². The summed E-state index contributed by atoms with van der Waals surface area (Å²) >= 11 is 0. The van der Waals surface area contributed by atoms with E-state index in [0.717, 1.165) is 31.1 Å². The quantitative estimate of drug-likeness (QED) is 0.372. The summed E-state index contributed by atoms with van der Waals surface area (Å²) in [4.78, 5) is 7.12. The van der Waals surface area contributed by atoms with Crippen LogP contribution in [0.5, 0.6) is 5.75 Å². The molecule has 0 bridgehead atoms. The molecular formula is C21H29IN4O. The number of hydrogen-bond donors (Lipinski definition) is 2. The number of methoxy groups -OCH3 is 1. The predicted molar refractivity (Wildman–Crippen MR) is 123 cm³/mol. The van der Waals surface area contributed by atoms with Crippen LogP contribution in [0, 0.1) is 0 Å². The summed E-state index contributed by atoms with van der Waals surface area (Å²) in [5, 5.41) is 3.15. The molecule has 0 aromatic heterocycles. The first-order valence-electron chi connectivity index (χ1n) is 9.23. The standard InChI is InChI=1S/C21H28N4O.HI/c1-26-20-12-7-10-18(14-20)24-21(22)23-15-19-11-5-6-13-25(19)16-17-8-3-2-4-9-17;/h2-4,7-10,12,14,19H,5-6,11,13,15-16H2,1H3,(H3,22,23,24);1H. The highest BCUT2D eigenvalue weighted by atomic mass is 127. The van der Waals surface area contributed by atoms with Crippen LogP contribution >= 0.6 is 24.0 Å². The van der Waals surface area contributed by atoms with Gasteiger partial charge in [0.1, 0.15) is 5.75 Å². The number of anilines is 1. The molecule has 1 fully saturated rings. The maximum Gasteiger partial charge on any atom is 0.193 e. The molecule has 1 aliphatic heterocycles. The molecule has 0 amide bonds.